The zero-order valence-electron chi connectivity index (χ0n) is 10.1. The highest BCUT2D eigenvalue weighted by Gasteiger charge is 2.16. The lowest BCUT2D eigenvalue weighted by atomic mass is 10.2. The first kappa shape index (κ1) is 13.1. The molecule has 2 aromatic rings. The Morgan fingerprint density at radius 2 is 1.89 bits per heavy atom. The van der Waals surface area contributed by atoms with Gasteiger partial charge in [-0.1, -0.05) is 23.2 Å². The highest BCUT2D eigenvalue weighted by molar-refractivity contribution is 6.30. The molecule has 0 spiro atoms. The fourth-order valence-electron chi connectivity index (χ4n) is 1.45. The van der Waals surface area contributed by atoms with Crippen LogP contribution in [0.15, 0.2) is 12.1 Å². The third kappa shape index (κ3) is 2.72. The van der Waals surface area contributed by atoms with E-state index in [1.165, 1.54) is 5.06 Å². The summed E-state index contributed by atoms with van der Waals surface area (Å²) in [6.45, 7) is 0. The Kier molecular flexibility index (Phi) is 3.70. The van der Waals surface area contributed by atoms with Crippen LogP contribution < -0.4 is 4.84 Å². The predicted molar refractivity (Wildman–Crippen MR) is 68.6 cm³/mol. The number of hydrogen-bond acceptors (Lipinski definition) is 5. The highest BCUT2D eigenvalue weighted by atomic mass is 35.5. The van der Waals surface area contributed by atoms with Gasteiger partial charge in [-0.05, 0) is 0 Å². The number of halogens is 2. The lowest BCUT2D eigenvalue weighted by molar-refractivity contribution is -0.00311. The molecule has 0 aliphatic carbocycles. The van der Waals surface area contributed by atoms with Gasteiger partial charge in [0.15, 0.2) is 21.7 Å². The first-order valence-electron chi connectivity index (χ1n) is 5.06. The van der Waals surface area contributed by atoms with Gasteiger partial charge in [0.1, 0.15) is 0 Å². The third-order valence-corrected chi connectivity index (χ3v) is 2.47. The molecule has 0 atom stereocenters. The molecule has 0 saturated heterocycles. The minimum atomic E-state index is 0.254. The van der Waals surface area contributed by atoms with Crippen molar-refractivity contribution in [3.05, 3.63) is 22.4 Å². The minimum absolute atomic E-state index is 0.254. The van der Waals surface area contributed by atoms with Crippen molar-refractivity contribution < 1.29 is 4.84 Å². The second-order valence-electron chi connectivity index (χ2n) is 3.76. The smallest absolute Gasteiger partial charge is 0.180 e. The number of aryl methyl sites for hydroxylation is 1. The standard InChI is InChI=1S/C10H11Cl2N5O/c1-16(2)18-7-5-8(11)13-14-10(7)6-4-9(12)15-17(6)3/h4-5H,1-3H3. The molecule has 0 amide bonds. The van der Waals surface area contributed by atoms with Crippen LogP contribution in [0.4, 0.5) is 0 Å². The largest absolute Gasteiger partial charge is 0.404 e. The normalized spacial score (nSPS) is 11.0. The van der Waals surface area contributed by atoms with Gasteiger partial charge in [-0.3, -0.25) is 4.68 Å². The van der Waals surface area contributed by atoms with Crippen molar-refractivity contribution in [3.8, 4) is 17.1 Å². The fraction of sp³-hybridized carbons (Fsp3) is 0.300. The zero-order chi connectivity index (χ0) is 13.3. The Hall–Kier alpha value is -1.37. The molecule has 0 fully saturated rings. The molecule has 0 radical (unpaired) electrons. The van der Waals surface area contributed by atoms with Crippen LogP contribution >= 0.6 is 23.2 Å². The predicted octanol–water partition coefficient (Wildman–Crippen LogP) is 2.04. The van der Waals surface area contributed by atoms with E-state index in [1.807, 2.05) is 0 Å². The Balaban J connectivity index is 2.52. The molecule has 0 aliphatic rings. The van der Waals surface area contributed by atoms with Crippen LogP contribution in [0, 0.1) is 0 Å². The molecule has 8 heteroatoms. The van der Waals surface area contributed by atoms with Gasteiger partial charge in [-0.15, -0.1) is 10.2 Å². The van der Waals surface area contributed by atoms with Crippen molar-refractivity contribution >= 4 is 23.2 Å². The van der Waals surface area contributed by atoms with E-state index in [0.717, 1.165) is 0 Å². The van der Waals surface area contributed by atoms with Gasteiger partial charge in [0.2, 0.25) is 0 Å². The Bertz CT molecular complexity index is 569. The van der Waals surface area contributed by atoms with Crippen molar-refractivity contribution in [2.24, 2.45) is 7.05 Å². The van der Waals surface area contributed by atoms with Crippen molar-refractivity contribution in [2.45, 2.75) is 0 Å². The number of rotatable bonds is 3. The van der Waals surface area contributed by atoms with Crippen LogP contribution in [0.3, 0.4) is 0 Å². The van der Waals surface area contributed by atoms with E-state index in [9.17, 15) is 0 Å². The van der Waals surface area contributed by atoms with E-state index >= 15 is 0 Å². The molecule has 0 N–H and O–H groups in total. The van der Waals surface area contributed by atoms with E-state index in [-0.39, 0.29) is 5.15 Å². The minimum Gasteiger partial charge on any atom is -0.404 e. The topological polar surface area (TPSA) is 56.1 Å². The lowest BCUT2D eigenvalue weighted by Gasteiger charge is -2.14. The molecule has 96 valence electrons. The number of hydrogen-bond donors (Lipinski definition) is 0. The lowest BCUT2D eigenvalue weighted by Crippen LogP contribution is -2.17. The SMILES string of the molecule is CN(C)Oc1cc(Cl)nnc1-c1cc(Cl)nn1C. The van der Waals surface area contributed by atoms with E-state index in [0.29, 0.717) is 22.3 Å². The summed E-state index contributed by atoms with van der Waals surface area (Å²) >= 11 is 11.7. The van der Waals surface area contributed by atoms with Crippen LogP contribution in [0.25, 0.3) is 11.4 Å². The Labute approximate surface area is 114 Å². The summed E-state index contributed by atoms with van der Waals surface area (Å²) in [5.41, 5.74) is 1.22. The summed E-state index contributed by atoms with van der Waals surface area (Å²) in [5.74, 6) is 0.486. The quantitative estimate of drug-likeness (QED) is 0.809. The molecule has 18 heavy (non-hydrogen) atoms. The molecule has 2 aromatic heterocycles. The number of nitrogens with zero attached hydrogens (tertiary/aromatic N) is 5. The van der Waals surface area contributed by atoms with E-state index in [4.69, 9.17) is 28.0 Å². The Morgan fingerprint density at radius 3 is 2.44 bits per heavy atom. The van der Waals surface area contributed by atoms with E-state index in [2.05, 4.69) is 15.3 Å². The summed E-state index contributed by atoms with van der Waals surface area (Å²) in [6.07, 6.45) is 0. The van der Waals surface area contributed by atoms with Gasteiger partial charge < -0.3 is 4.84 Å². The molecule has 0 aliphatic heterocycles. The third-order valence-electron chi connectivity index (χ3n) is 2.10. The first-order valence-corrected chi connectivity index (χ1v) is 5.81. The van der Waals surface area contributed by atoms with Gasteiger partial charge in [0, 0.05) is 33.3 Å². The van der Waals surface area contributed by atoms with Crippen LogP contribution in [-0.2, 0) is 7.05 Å². The van der Waals surface area contributed by atoms with Crippen LogP contribution in [0.1, 0.15) is 0 Å². The highest BCUT2D eigenvalue weighted by Crippen LogP contribution is 2.30. The van der Waals surface area contributed by atoms with Crippen LogP contribution in [-0.4, -0.2) is 39.1 Å². The summed E-state index contributed by atoms with van der Waals surface area (Å²) in [6, 6.07) is 3.27. The maximum Gasteiger partial charge on any atom is 0.180 e. The van der Waals surface area contributed by atoms with Gasteiger partial charge in [0.25, 0.3) is 0 Å². The van der Waals surface area contributed by atoms with Crippen molar-refractivity contribution in [3.63, 3.8) is 0 Å². The molecule has 0 unspecified atom stereocenters. The number of aromatic nitrogens is 4. The molecule has 0 bridgehead atoms. The maximum absolute atomic E-state index is 5.85. The summed E-state index contributed by atoms with van der Waals surface area (Å²) in [4.78, 5) is 5.51. The summed E-state index contributed by atoms with van der Waals surface area (Å²) in [5, 5.41) is 14.0. The van der Waals surface area contributed by atoms with Crippen LogP contribution in [0.5, 0.6) is 5.75 Å². The molecular weight excluding hydrogens is 277 g/mol. The van der Waals surface area contributed by atoms with E-state index in [1.54, 1.807) is 38.0 Å². The number of hydroxylamine groups is 2. The van der Waals surface area contributed by atoms with Crippen LogP contribution in [0.2, 0.25) is 10.3 Å². The fourth-order valence-corrected chi connectivity index (χ4v) is 1.80. The van der Waals surface area contributed by atoms with Crippen molar-refractivity contribution in [1.29, 1.82) is 0 Å². The van der Waals surface area contributed by atoms with Gasteiger partial charge in [-0.25, -0.2) is 0 Å². The van der Waals surface area contributed by atoms with Crippen molar-refractivity contribution in [1.82, 2.24) is 25.0 Å². The van der Waals surface area contributed by atoms with Crippen molar-refractivity contribution in [2.75, 3.05) is 14.1 Å². The molecule has 2 heterocycles. The van der Waals surface area contributed by atoms with Gasteiger partial charge >= 0.3 is 0 Å². The molecular formula is C10H11Cl2N5O. The summed E-state index contributed by atoms with van der Waals surface area (Å²) < 4.78 is 1.60. The molecule has 2 rings (SSSR count). The second-order valence-corrected chi connectivity index (χ2v) is 4.53. The molecule has 0 saturated carbocycles. The average molecular weight is 288 g/mol. The van der Waals surface area contributed by atoms with Gasteiger partial charge in [0.05, 0.1) is 5.69 Å². The average Bonchev–Trinajstić information content (AvgIpc) is 2.57. The Morgan fingerprint density at radius 1 is 1.17 bits per heavy atom. The molecule has 0 aromatic carbocycles. The monoisotopic (exact) mass is 287 g/mol. The first-order chi connectivity index (χ1) is 8.47. The van der Waals surface area contributed by atoms with Gasteiger partial charge in [-0.2, -0.15) is 10.2 Å². The van der Waals surface area contributed by atoms with E-state index < -0.39 is 0 Å². The second kappa shape index (κ2) is 5.09. The maximum atomic E-state index is 5.85. The summed E-state index contributed by atoms with van der Waals surface area (Å²) in [7, 11) is 5.28. The molecule has 6 nitrogen and oxygen atoms in total. The zero-order valence-corrected chi connectivity index (χ0v) is 11.6.